The number of piperidine rings is 1. The fraction of sp³-hybridized carbons (Fsp3) is 0.776. The Morgan fingerprint density at radius 1 is 0.827 bits per heavy atom. The van der Waals surface area contributed by atoms with E-state index in [4.69, 9.17) is 37.9 Å². The molecule has 17 heteroatoms. The Bertz CT molecular complexity index is 1980. The number of allylic oxidation sites excluding steroid dienone is 6. The number of cyclic esters (lactones) is 1. The number of nitrogens with zero attached hydrogens (tertiary/aromatic N) is 1. The molecule has 5 aliphatic rings. The molecule has 0 spiro atoms. The maximum absolute atomic E-state index is 14.6. The summed E-state index contributed by atoms with van der Waals surface area (Å²) in [5.74, 6) is -8.12. The molecule has 3 saturated heterocycles. The molecule has 75 heavy (non-hydrogen) atoms. The predicted octanol–water partition coefficient (Wildman–Crippen LogP) is 6.37. The first-order valence-electron chi connectivity index (χ1n) is 27.8. The molecule has 1 aliphatic carbocycles. The van der Waals surface area contributed by atoms with Crippen molar-refractivity contribution in [3.8, 4) is 0 Å². The molecule has 0 aromatic rings. The van der Waals surface area contributed by atoms with E-state index in [0.29, 0.717) is 83.4 Å². The highest BCUT2D eigenvalue weighted by molar-refractivity contribution is 6.39. The minimum absolute atomic E-state index is 0.00648. The van der Waals surface area contributed by atoms with Gasteiger partial charge < -0.3 is 58.1 Å². The van der Waals surface area contributed by atoms with E-state index in [9.17, 15) is 39.3 Å². The molecule has 17 nitrogen and oxygen atoms in total. The largest absolute Gasteiger partial charge is 0.460 e. The second-order valence-electron chi connectivity index (χ2n) is 22.2. The van der Waals surface area contributed by atoms with Gasteiger partial charge in [0.05, 0.1) is 50.8 Å². The number of Topliss-reactive ketones (excluding diaryl/α,β-unsaturated/α-hetero) is 3. The Morgan fingerprint density at radius 3 is 2.27 bits per heavy atom. The molecule has 424 valence electrons. The first kappa shape index (κ1) is 62.4. The van der Waals surface area contributed by atoms with Crippen LogP contribution in [0.2, 0.25) is 0 Å². The van der Waals surface area contributed by atoms with Crippen molar-refractivity contribution in [1.82, 2.24) is 4.90 Å². The van der Waals surface area contributed by atoms with Crippen LogP contribution < -0.4 is 0 Å². The van der Waals surface area contributed by atoms with Gasteiger partial charge in [0, 0.05) is 64.6 Å². The molecule has 0 aromatic heterocycles. The van der Waals surface area contributed by atoms with Crippen molar-refractivity contribution in [1.29, 1.82) is 0 Å². The van der Waals surface area contributed by atoms with Crippen molar-refractivity contribution < 1.29 is 77.2 Å². The number of ether oxygens (including phenoxy) is 8. The van der Waals surface area contributed by atoms with Crippen LogP contribution in [0.1, 0.15) is 132 Å². The van der Waals surface area contributed by atoms with Crippen molar-refractivity contribution in [2.45, 2.75) is 193 Å². The highest BCUT2D eigenvalue weighted by Crippen LogP contribution is 2.38. The number of carbonyl (C=O) groups is 5. The summed E-state index contributed by atoms with van der Waals surface area (Å²) < 4.78 is 47.7. The summed E-state index contributed by atoms with van der Waals surface area (Å²) in [4.78, 5) is 72.9. The third kappa shape index (κ3) is 17.8. The van der Waals surface area contributed by atoms with Gasteiger partial charge in [0.1, 0.15) is 36.2 Å². The van der Waals surface area contributed by atoms with E-state index in [1.54, 1.807) is 34.0 Å². The fourth-order valence-electron chi connectivity index (χ4n) is 11.2. The average Bonchev–Trinajstić information content (AvgIpc) is 3.37. The Balaban J connectivity index is 1.45. The van der Waals surface area contributed by atoms with Crippen molar-refractivity contribution in [2.75, 3.05) is 60.4 Å². The van der Waals surface area contributed by atoms with Crippen LogP contribution in [0.25, 0.3) is 0 Å². The number of fused-ring (bicyclic) bond motifs is 3. The van der Waals surface area contributed by atoms with Gasteiger partial charge in [0.2, 0.25) is 5.79 Å². The van der Waals surface area contributed by atoms with Crippen LogP contribution in [0.3, 0.4) is 0 Å². The van der Waals surface area contributed by atoms with E-state index in [1.807, 2.05) is 58.1 Å². The van der Waals surface area contributed by atoms with Crippen LogP contribution in [-0.4, -0.2) is 171 Å². The van der Waals surface area contributed by atoms with Crippen LogP contribution in [-0.2, 0) is 61.9 Å². The molecule has 0 radical (unpaired) electrons. The SMILES string of the molecule is CO[C@@H]1C[C@H](C[C@@H](C)[C@@H]2CC(=O)[C@H](C)/C=C(\C)[C@@H](O)[C@@H](OC)C(=O)[C@H](C)C[C@H](C)/C=C/C=C/C=C(\C)C(OCCOC3COC3)C[C@@H]3CC[C@@H](C)[C@@](O)(O3)C(=O)C(=O)N3CCCC[C@H]3C(=O)O2)CC[C@H]1OCCCO. The quantitative estimate of drug-likeness (QED) is 0.0744. The third-order valence-corrected chi connectivity index (χ3v) is 16.2. The molecule has 0 aromatic carbocycles. The number of methoxy groups -OCH3 is 2. The van der Waals surface area contributed by atoms with Gasteiger partial charge in [-0.3, -0.25) is 19.2 Å². The number of carbonyl (C=O) groups excluding carboxylic acids is 5. The fourth-order valence-corrected chi connectivity index (χ4v) is 11.2. The number of hydrogen-bond donors (Lipinski definition) is 3. The van der Waals surface area contributed by atoms with Crippen LogP contribution in [0, 0.1) is 35.5 Å². The summed E-state index contributed by atoms with van der Waals surface area (Å²) in [5, 5.41) is 33.0. The highest BCUT2D eigenvalue weighted by Gasteiger charge is 2.53. The lowest BCUT2D eigenvalue weighted by Gasteiger charge is -2.43. The van der Waals surface area contributed by atoms with Crippen LogP contribution >= 0.6 is 0 Å². The molecule has 15 atom stereocenters. The molecule has 1 unspecified atom stereocenters. The van der Waals surface area contributed by atoms with Gasteiger partial charge in [-0.25, -0.2) is 4.79 Å². The van der Waals surface area contributed by atoms with Crippen molar-refractivity contribution in [3.05, 3.63) is 47.6 Å². The Kier molecular flexibility index (Phi) is 25.4. The summed E-state index contributed by atoms with van der Waals surface area (Å²) in [6, 6.07) is -1.16. The van der Waals surface area contributed by atoms with E-state index >= 15 is 0 Å². The summed E-state index contributed by atoms with van der Waals surface area (Å²) in [7, 11) is 3.03. The second-order valence-corrected chi connectivity index (χ2v) is 22.2. The molecule has 1 saturated carbocycles. The number of ketones is 3. The molecule has 5 rings (SSSR count). The normalized spacial score (nSPS) is 37.8. The van der Waals surface area contributed by atoms with Crippen LogP contribution in [0.15, 0.2) is 47.6 Å². The molecule has 2 bridgehead atoms. The van der Waals surface area contributed by atoms with E-state index < -0.39 is 77.8 Å². The highest BCUT2D eigenvalue weighted by atomic mass is 16.6. The summed E-state index contributed by atoms with van der Waals surface area (Å²) in [5.41, 5.74) is 1.24. The average molecular weight is 1060 g/mol. The zero-order chi connectivity index (χ0) is 54.8. The van der Waals surface area contributed by atoms with Crippen LogP contribution in [0.4, 0.5) is 0 Å². The van der Waals surface area contributed by atoms with Crippen molar-refractivity contribution in [2.24, 2.45) is 35.5 Å². The van der Waals surface area contributed by atoms with Gasteiger partial charge >= 0.3 is 5.97 Å². The molecule has 4 fully saturated rings. The minimum Gasteiger partial charge on any atom is -0.460 e. The van der Waals surface area contributed by atoms with Gasteiger partial charge in [-0.05, 0) is 113 Å². The number of aliphatic hydroxyl groups is 3. The minimum atomic E-state index is -2.47. The summed E-state index contributed by atoms with van der Waals surface area (Å²) >= 11 is 0. The Hall–Kier alpha value is -3.49. The monoisotopic (exact) mass is 1060 g/mol. The van der Waals surface area contributed by atoms with E-state index in [0.717, 1.165) is 18.4 Å². The topological polar surface area (TPSA) is 223 Å². The molecular formula is C58H91NO16. The van der Waals surface area contributed by atoms with Gasteiger partial charge in [-0.2, -0.15) is 0 Å². The van der Waals surface area contributed by atoms with E-state index in [2.05, 4.69) is 0 Å². The smallest absolute Gasteiger partial charge is 0.329 e. The third-order valence-electron chi connectivity index (χ3n) is 16.2. The van der Waals surface area contributed by atoms with E-state index in [-0.39, 0.29) is 86.7 Å². The number of esters is 1. The molecule has 3 N–H and O–H groups in total. The van der Waals surface area contributed by atoms with Crippen LogP contribution in [0.5, 0.6) is 0 Å². The number of aliphatic hydroxyl groups excluding tert-OH is 2. The Morgan fingerprint density at radius 2 is 1.57 bits per heavy atom. The van der Waals surface area contributed by atoms with Gasteiger partial charge in [-0.1, -0.05) is 71.1 Å². The summed E-state index contributed by atoms with van der Waals surface area (Å²) in [6.07, 6.45) is 12.4. The summed E-state index contributed by atoms with van der Waals surface area (Å²) in [6.45, 7) is 14.9. The first-order valence-corrected chi connectivity index (χ1v) is 27.8. The zero-order valence-electron chi connectivity index (χ0n) is 46.4. The molecule has 4 heterocycles. The maximum Gasteiger partial charge on any atom is 0.329 e. The molecule has 4 aliphatic heterocycles. The molecule has 1 amide bonds. The zero-order valence-corrected chi connectivity index (χ0v) is 46.4. The lowest BCUT2D eigenvalue weighted by molar-refractivity contribution is -0.266. The lowest BCUT2D eigenvalue weighted by atomic mass is 9.78. The van der Waals surface area contributed by atoms with Gasteiger partial charge in [0.25, 0.3) is 11.7 Å². The van der Waals surface area contributed by atoms with Gasteiger partial charge in [0.15, 0.2) is 5.78 Å². The standard InChI is InChI=1S/C58H91NO16/c1-36-16-11-10-12-17-37(2)49(73-27-26-71-45-34-70-35-45)32-44-21-19-42(7)58(67,75-44)55(64)56(65)59-23-14-13-18-46(59)57(66)74-50(39(4)30-43-20-22-48(51(31-43)68-8)72-25-15-24-60)33-47(61)38(3)29-41(6)53(63)54(69-9)52(62)40(5)28-36/h10-12,16-17,29,36,38-40,42-46,48-51,53-54,60,63,67H,13-15,18-28,30-35H2,1-9H3/b12-10+,16-11+,37-17+,41-29+/t36-,38-,39-,40-,42-,43+,44+,46+,48-,49?,50+,51-,53-,54+,58-/m1/s1. The number of rotatable bonds is 14. The van der Waals surface area contributed by atoms with Gasteiger partial charge in [-0.15, -0.1) is 0 Å². The number of amides is 1. The van der Waals surface area contributed by atoms with E-state index in [1.165, 1.54) is 12.0 Å². The lowest BCUT2D eigenvalue weighted by Crippen LogP contribution is -2.61. The van der Waals surface area contributed by atoms with Crippen molar-refractivity contribution in [3.63, 3.8) is 0 Å². The first-order chi connectivity index (χ1) is 35.8. The Labute approximate surface area is 446 Å². The van der Waals surface area contributed by atoms with Crippen molar-refractivity contribution >= 4 is 29.2 Å². The number of hydrogen-bond acceptors (Lipinski definition) is 16. The maximum atomic E-state index is 14.6. The molecular weight excluding hydrogens is 967 g/mol. The second kappa shape index (κ2) is 30.6. The predicted molar refractivity (Wildman–Crippen MR) is 280 cm³/mol.